The fourth-order valence-corrected chi connectivity index (χ4v) is 2.36. The summed E-state index contributed by atoms with van der Waals surface area (Å²) in [6.45, 7) is 0. The highest BCUT2D eigenvalue weighted by Crippen LogP contribution is 2.32. The van der Waals surface area contributed by atoms with Crippen LogP contribution in [0, 0.1) is 20.2 Å². The number of fused-ring (bicyclic) bond motifs is 1. The number of hydrogen-bond donors (Lipinski definition) is 1. The molecule has 0 aliphatic carbocycles. The van der Waals surface area contributed by atoms with E-state index < -0.39 is 15.8 Å². The Morgan fingerprint density at radius 3 is 2.32 bits per heavy atom. The molecule has 0 aliphatic rings. The molecule has 1 aromatic heterocycles. The minimum absolute atomic E-state index is 0.0221. The molecule has 1 amide bonds. The zero-order valence-corrected chi connectivity index (χ0v) is 12.6. The number of carbonyl (C=O) groups is 1. The first-order chi connectivity index (χ1) is 12.0. The van der Waals surface area contributed by atoms with Gasteiger partial charge in [-0.3, -0.25) is 30.0 Å². The number of nitrogens with zero attached hydrogens (tertiary/aromatic N) is 3. The van der Waals surface area contributed by atoms with Gasteiger partial charge in [-0.1, -0.05) is 0 Å². The molecule has 0 atom stereocenters. The number of rotatable bonds is 4. The lowest BCUT2D eigenvalue weighted by Gasteiger charge is -2.08. The number of nitro benzene ring substituents is 2. The second-order valence-corrected chi connectivity index (χ2v) is 5.05. The zero-order valence-electron chi connectivity index (χ0n) is 12.6. The fourth-order valence-electron chi connectivity index (χ4n) is 2.36. The Labute approximate surface area is 140 Å². The highest BCUT2D eigenvalue weighted by atomic mass is 16.6. The predicted molar refractivity (Wildman–Crippen MR) is 89.4 cm³/mol. The van der Waals surface area contributed by atoms with Crippen molar-refractivity contribution in [1.82, 2.24) is 4.98 Å². The van der Waals surface area contributed by atoms with Gasteiger partial charge in [0.2, 0.25) is 0 Å². The van der Waals surface area contributed by atoms with E-state index in [1.54, 1.807) is 18.2 Å². The third-order valence-electron chi connectivity index (χ3n) is 3.53. The van der Waals surface area contributed by atoms with Gasteiger partial charge in [0.25, 0.3) is 11.6 Å². The number of non-ortho nitro benzene ring substituents is 1. The Morgan fingerprint density at radius 1 is 0.960 bits per heavy atom. The Balaban J connectivity index is 1.97. The van der Waals surface area contributed by atoms with E-state index in [9.17, 15) is 25.0 Å². The summed E-state index contributed by atoms with van der Waals surface area (Å²) in [6.07, 6.45) is 1.52. The molecule has 3 aromatic rings. The normalized spacial score (nSPS) is 10.4. The predicted octanol–water partition coefficient (Wildman–Crippen LogP) is 3.30. The first-order valence-corrected chi connectivity index (χ1v) is 7.05. The minimum Gasteiger partial charge on any atom is -0.316 e. The van der Waals surface area contributed by atoms with Gasteiger partial charge < -0.3 is 5.32 Å². The van der Waals surface area contributed by atoms with Crippen molar-refractivity contribution in [2.75, 3.05) is 5.32 Å². The van der Waals surface area contributed by atoms with E-state index >= 15 is 0 Å². The number of pyridine rings is 1. The molecule has 9 heteroatoms. The number of hydrogen-bond acceptors (Lipinski definition) is 6. The lowest BCUT2D eigenvalue weighted by molar-refractivity contribution is -0.384. The summed E-state index contributed by atoms with van der Waals surface area (Å²) in [7, 11) is 0. The third kappa shape index (κ3) is 3.11. The van der Waals surface area contributed by atoms with Crippen molar-refractivity contribution in [1.29, 1.82) is 0 Å². The van der Waals surface area contributed by atoms with Gasteiger partial charge in [-0.05, 0) is 36.4 Å². The summed E-state index contributed by atoms with van der Waals surface area (Å²) in [5, 5.41) is 24.8. The lowest BCUT2D eigenvalue weighted by atomic mass is 10.1. The Morgan fingerprint density at radius 2 is 1.68 bits per heavy atom. The van der Waals surface area contributed by atoms with Gasteiger partial charge in [-0.15, -0.1) is 0 Å². The fraction of sp³-hybridized carbons (Fsp3) is 0. The van der Waals surface area contributed by atoms with Crippen LogP contribution in [0.3, 0.4) is 0 Å². The third-order valence-corrected chi connectivity index (χ3v) is 3.53. The second-order valence-electron chi connectivity index (χ2n) is 5.05. The molecule has 0 bridgehead atoms. The Hall–Kier alpha value is -3.88. The highest BCUT2D eigenvalue weighted by molar-refractivity contribution is 6.08. The maximum Gasteiger partial charge on any atom is 0.302 e. The molecule has 1 heterocycles. The number of aromatic nitrogens is 1. The average Bonchev–Trinajstić information content (AvgIpc) is 2.61. The van der Waals surface area contributed by atoms with Gasteiger partial charge in [0.15, 0.2) is 0 Å². The first-order valence-electron chi connectivity index (χ1n) is 7.05. The van der Waals surface area contributed by atoms with Crippen LogP contribution in [0.4, 0.5) is 17.1 Å². The zero-order chi connectivity index (χ0) is 18.0. The number of benzene rings is 2. The number of nitrogens with one attached hydrogen (secondary N) is 1. The molecule has 0 saturated heterocycles. The second kappa shape index (κ2) is 6.32. The van der Waals surface area contributed by atoms with Gasteiger partial charge in [0, 0.05) is 23.9 Å². The smallest absolute Gasteiger partial charge is 0.302 e. The number of nitro groups is 2. The van der Waals surface area contributed by atoms with Crippen LogP contribution < -0.4 is 5.32 Å². The molecule has 3 rings (SSSR count). The summed E-state index contributed by atoms with van der Waals surface area (Å²) in [4.78, 5) is 37.2. The Kier molecular flexibility index (Phi) is 4.04. The van der Waals surface area contributed by atoms with Crippen molar-refractivity contribution < 1.29 is 14.6 Å². The van der Waals surface area contributed by atoms with Gasteiger partial charge in [0.05, 0.1) is 20.7 Å². The number of carbonyl (C=O) groups excluding carboxylic acids is 1. The summed E-state index contributed by atoms with van der Waals surface area (Å²) < 4.78 is 0. The van der Waals surface area contributed by atoms with E-state index in [0.717, 1.165) is 0 Å². The van der Waals surface area contributed by atoms with Crippen LogP contribution in [-0.4, -0.2) is 20.7 Å². The topological polar surface area (TPSA) is 128 Å². The quantitative estimate of drug-likeness (QED) is 0.574. The van der Waals surface area contributed by atoms with E-state index in [1.807, 2.05) is 0 Å². The largest absolute Gasteiger partial charge is 0.316 e. The van der Waals surface area contributed by atoms with Crippen molar-refractivity contribution >= 4 is 33.9 Å². The molecule has 1 N–H and O–H groups in total. The van der Waals surface area contributed by atoms with Crippen LogP contribution >= 0.6 is 0 Å². The summed E-state index contributed by atoms with van der Waals surface area (Å²) >= 11 is 0. The van der Waals surface area contributed by atoms with Crippen molar-refractivity contribution in [3.63, 3.8) is 0 Å². The molecule has 0 spiro atoms. The van der Waals surface area contributed by atoms with Crippen molar-refractivity contribution in [2.24, 2.45) is 0 Å². The number of anilines is 1. The molecule has 124 valence electrons. The average molecular weight is 338 g/mol. The van der Waals surface area contributed by atoms with Crippen molar-refractivity contribution in [3.8, 4) is 0 Å². The molecule has 0 aliphatic heterocycles. The summed E-state index contributed by atoms with van der Waals surface area (Å²) in [5.74, 6) is -0.610. The molecule has 0 fully saturated rings. The summed E-state index contributed by atoms with van der Waals surface area (Å²) in [5.41, 5.74) is 0.183. The van der Waals surface area contributed by atoms with Crippen LogP contribution in [0.15, 0.2) is 54.7 Å². The molecule has 0 radical (unpaired) electrons. The van der Waals surface area contributed by atoms with Crippen LogP contribution in [-0.2, 0) is 0 Å². The molecule has 0 unspecified atom stereocenters. The van der Waals surface area contributed by atoms with E-state index in [1.165, 1.54) is 36.5 Å². The van der Waals surface area contributed by atoms with Crippen LogP contribution in [0.5, 0.6) is 0 Å². The monoisotopic (exact) mass is 338 g/mol. The van der Waals surface area contributed by atoms with E-state index in [2.05, 4.69) is 10.3 Å². The van der Waals surface area contributed by atoms with Gasteiger partial charge in [0.1, 0.15) is 5.69 Å². The van der Waals surface area contributed by atoms with Crippen molar-refractivity contribution in [3.05, 3.63) is 80.5 Å². The van der Waals surface area contributed by atoms with Crippen LogP contribution in [0.1, 0.15) is 10.4 Å². The SMILES string of the molecule is O=C(Nc1ccc2ncccc2c1[N+](=O)[O-])c1ccc([N+](=O)[O-])cc1. The molecule has 0 saturated carbocycles. The van der Waals surface area contributed by atoms with Crippen LogP contribution in [0.2, 0.25) is 0 Å². The Bertz CT molecular complexity index is 1000. The molecular formula is C16H10N4O5. The van der Waals surface area contributed by atoms with Gasteiger partial charge in [-0.2, -0.15) is 0 Å². The minimum atomic E-state index is -0.610. The lowest BCUT2D eigenvalue weighted by Crippen LogP contribution is -2.13. The van der Waals surface area contributed by atoms with Gasteiger partial charge in [-0.25, -0.2) is 0 Å². The van der Waals surface area contributed by atoms with E-state index in [4.69, 9.17) is 0 Å². The maximum absolute atomic E-state index is 12.3. The maximum atomic E-state index is 12.3. The van der Waals surface area contributed by atoms with Gasteiger partial charge >= 0.3 is 5.69 Å². The standard InChI is InChI=1S/C16H10N4O5/c21-16(10-3-5-11(6-4-10)19(22)23)18-14-8-7-13-12(2-1-9-17-13)15(14)20(24)25/h1-9H,(H,18,21). The molecule has 2 aromatic carbocycles. The van der Waals surface area contributed by atoms with E-state index in [-0.39, 0.29) is 22.6 Å². The number of amides is 1. The summed E-state index contributed by atoms with van der Waals surface area (Å²) in [6, 6.07) is 11.0. The molecule has 9 nitrogen and oxygen atoms in total. The molecular weight excluding hydrogens is 328 g/mol. The van der Waals surface area contributed by atoms with Crippen molar-refractivity contribution in [2.45, 2.75) is 0 Å². The van der Waals surface area contributed by atoms with Crippen LogP contribution in [0.25, 0.3) is 10.9 Å². The van der Waals surface area contributed by atoms with E-state index in [0.29, 0.717) is 10.9 Å². The highest BCUT2D eigenvalue weighted by Gasteiger charge is 2.21. The molecule has 25 heavy (non-hydrogen) atoms. The first kappa shape index (κ1) is 16.0.